The first-order valence-corrected chi connectivity index (χ1v) is 10.8. The molecule has 2 atom stereocenters. The van der Waals surface area contributed by atoms with Crippen molar-refractivity contribution in [3.63, 3.8) is 0 Å². The lowest BCUT2D eigenvalue weighted by molar-refractivity contribution is 0.0668. The Hall–Kier alpha value is -2.68. The van der Waals surface area contributed by atoms with Gasteiger partial charge >= 0.3 is 0 Å². The van der Waals surface area contributed by atoms with Crippen molar-refractivity contribution >= 4 is 23.2 Å². The van der Waals surface area contributed by atoms with Gasteiger partial charge in [0.15, 0.2) is 5.65 Å². The molecule has 3 aromatic rings. The van der Waals surface area contributed by atoms with Crippen LogP contribution < -0.4 is 10.1 Å². The van der Waals surface area contributed by atoms with Crippen LogP contribution in [0.3, 0.4) is 0 Å². The summed E-state index contributed by atoms with van der Waals surface area (Å²) in [6, 6.07) is 7.17. The highest BCUT2D eigenvalue weighted by Gasteiger charge is 2.33. The molecular formula is C22H24ClN5O3. The Morgan fingerprint density at radius 1 is 1.32 bits per heavy atom. The fourth-order valence-corrected chi connectivity index (χ4v) is 4.50. The molecule has 9 heteroatoms. The van der Waals surface area contributed by atoms with E-state index < -0.39 is 6.10 Å². The minimum Gasteiger partial charge on any atom is -0.486 e. The molecule has 1 saturated heterocycles. The highest BCUT2D eigenvalue weighted by Crippen LogP contribution is 2.32. The van der Waals surface area contributed by atoms with Crippen molar-refractivity contribution in [1.29, 1.82) is 0 Å². The van der Waals surface area contributed by atoms with Crippen molar-refractivity contribution in [1.82, 2.24) is 24.8 Å². The van der Waals surface area contributed by atoms with Crippen LogP contribution in [0.2, 0.25) is 5.02 Å². The van der Waals surface area contributed by atoms with E-state index >= 15 is 0 Å². The number of benzene rings is 1. The fraction of sp³-hybridized carbons (Fsp3) is 0.409. The number of para-hydroxylation sites is 1. The van der Waals surface area contributed by atoms with Crippen molar-refractivity contribution in [3.8, 4) is 5.75 Å². The van der Waals surface area contributed by atoms with Crippen molar-refractivity contribution in [3.05, 3.63) is 57.5 Å². The van der Waals surface area contributed by atoms with Gasteiger partial charge in [-0.25, -0.2) is 9.50 Å². The molecule has 0 radical (unpaired) electrons. The topological polar surface area (TPSA) is 92.0 Å². The highest BCUT2D eigenvalue weighted by atomic mass is 35.5. The molecule has 4 heterocycles. The number of ether oxygens (including phenoxy) is 1. The molecule has 1 fully saturated rings. The molecule has 8 nitrogen and oxygen atoms in total. The molecule has 2 aliphatic rings. The van der Waals surface area contributed by atoms with Crippen LogP contribution in [-0.4, -0.2) is 55.8 Å². The molecule has 0 spiro atoms. The van der Waals surface area contributed by atoms with Gasteiger partial charge in [0.2, 0.25) is 0 Å². The van der Waals surface area contributed by atoms with Crippen LogP contribution in [0.25, 0.3) is 5.65 Å². The Bertz CT molecular complexity index is 1180. The molecule has 0 aliphatic carbocycles. The minimum atomic E-state index is -0.596. The molecule has 1 aromatic carbocycles. The number of hydrogen-bond acceptors (Lipinski definition) is 6. The van der Waals surface area contributed by atoms with E-state index in [1.807, 2.05) is 26.0 Å². The molecule has 5 rings (SSSR count). The Morgan fingerprint density at radius 2 is 2.13 bits per heavy atom. The lowest BCUT2D eigenvalue weighted by Crippen LogP contribution is -2.32. The standard InChI is InChI=1S/C22H24ClN5O3/c1-3-15-20(23)12(2)28-21(25-15)14-10-27(11-16(14)26-28)22(30)13-6-4-5-7-18(13)31-19-9-24-8-17(19)29/h4-7,17,19,24,29H,3,8-11H2,1-2H3. The lowest BCUT2D eigenvalue weighted by Gasteiger charge is -2.21. The molecule has 0 bridgehead atoms. The third kappa shape index (κ3) is 3.35. The monoisotopic (exact) mass is 441 g/mol. The maximum Gasteiger partial charge on any atom is 0.258 e. The van der Waals surface area contributed by atoms with Crippen LogP contribution in [0, 0.1) is 6.92 Å². The summed E-state index contributed by atoms with van der Waals surface area (Å²) in [5.74, 6) is 0.349. The molecule has 1 amide bonds. The smallest absolute Gasteiger partial charge is 0.258 e. The van der Waals surface area contributed by atoms with E-state index in [0.29, 0.717) is 42.5 Å². The number of nitrogens with one attached hydrogen (secondary N) is 1. The van der Waals surface area contributed by atoms with Crippen molar-refractivity contribution in [2.75, 3.05) is 13.1 Å². The van der Waals surface area contributed by atoms with Crippen LogP contribution in [0.1, 0.15) is 39.9 Å². The van der Waals surface area contributed by atoms with Gasteiger partial charge in [0, 0.05) is 18.7 Å². The molecular weight excluding hydrogens is 418 g/mol. The fourth-order valence-electron chi connectivity index (χ4n) is 4.25. The molecule has 31 heavy (non-hydrogen) atoms. The Morgan fingerprint density at radius 3 is 2.87 bits per heavy atom. The van der Waals surface area contributed by atoms with Crippen LogP contribution in [0.5, 0.6) is 5.75 Å². The third-order valence-corrected chi connectivity index (χ3v) is 6.50. The Balaban J connectivity index is 1.43. The summed E-state index contributed by atoms with van der Waals surface area (Å²) >= 11 is 6.43. The van der Waals surface area contributed by atoms with E-state index in [-0.39, 0.29) is 12.0 Å². The van der Waals surface area contributed by atoms with Gasteiger partial charge in [-0.1, -0.05) is 30.7 Å². The predicted octanol–water partition coefficient (Wildman–Crippen LogP) is 2.12. The number of β-amino-alcohol motifs (C(OH)–C–C–N with tert-alkyl or cyclic N) is 1. The third-order valence-electron chi connectivity index (χ3n) is 6.00. The van der Waals surface area contributed by atoms with Gasteiger partial charge in [-0.05, 0) is 25.5 Å². The maximum atomic E-state index is 13.4. The summed E-state index contributed by atoms with van der Waals surface area (Å²) in [6.45, 7) is 5.81. The van der Waals surface area contributed by atoms with Gasteiger partial charge in [-0.3, -0.25) is 4.79 Å². The number of fused-ring (bicyclic) bond motifs is 3. The molecule has 2 N–H and O–H groups in total. The van der Waals surface area contributed by atoms with Gasteiger partial charge in [0.05, 0.1) is 40.8 Å². The first-order chi connectivity index (χ1) is 15.0. The van der Waals surface area contributed by atoms with E-state index in [1.54, 1.807) is 21.5 Å². The van der Waals surface area contributed by atoms with E-state index in [2.05, 4.69) is 10.4 Å². The average Bonchev–Trinajstić information content (AvgIpc) is 3.46. The first kappa shape index (κ1) is 20.2. The Kier molecular flexibility index (Phi) is 5.08. The molecule has 162 valence electrons. The van der Waals surface area contributed by atoms with Crippen LogP contribution in [0.15, 0.2) is 24.3 Å². The summed E-state index contributed by atoms with van der Waals surface area (Å²) in [5.41, 5.74) is 4.72. The SMILES string of the molecule is CCc1nc2c3c(nn2c(C)c1Cl)CN(C(=O)c1ccccc1OC1CNCC1O)C3. The zero-order chi connectivity index (χ0) is 21.7. The number of rotatable bonds is 4. The molecule has 2 unspecified atom stereocenters. The number of amides is 1. The van der Waals surface area contributed by atoms with Crippen LogP contribution in [-0.2, 0) is 19.5 Å². The second-order valence-corrected chi connectivity index (χ2v) is 8.39. The first-order valence-electron chi connectivity index (χ1n) is 10.5. The maximum absolute atomic E-state index is 13.4. The van der Waals surface area contributed by atoms with Crippen LogP contribution in [0.4, 0.5) is 0 Å². The van der Waals surface area contributed by atoms with Gasteiger partial charge in [0.25, 0.3) is 5.91 Å². The van der Waals surface area contributed by atoms with Crippen molar-refractivity contribution < 1.29 is 14.6 Å². The predicted molar refractivity (Wildman–Crippen MR) is 115 cm³/mol. The molecule has 2 aliphatic heterocycles. The van der Waals surface area contributed by atoms with E-state index in [0.717, 1.165) is 34.7 Å². The summed E-state index contributed by atoms with van der Waals surface area (Å²) in [4.78, 5) is 19.8. The number of aliphatic hydroxyl groups is 1. The number of carbonyl (C=O) groups excluding carboxylic acids is 1. The van der Waals surface area contributed by atoms with Crippen molar-refractivity contribution in [2.45, 2.75) is 45.6 Å². The largest absolute Gasteiger partial charge is 0.486 e. The summed E-state index contributed by atoms with van der Waals surface area (Å²) < 4.78 is 7.76. The summed E-state index contributed by atoms with van der Waals surface area (Å²) in [7, 11) is 0. The number of carbonyl (C=O) groups is 1. The summed E-state index contributed by atoms with van der Waals surface area (Å²) in [6.07, 6.45) is -0.245. The summed E-state index contributed by atoms with van der Waals surface area (Å²) in [5, 5.41) is 18.5. The zero-order valence-corrected chi connectivity index (χ0v) is 18.2. The average molecular weight is 442 g/mol. The Labute approximate surface area is 184 Å². The van der Waals surface area contributed by atoms with E-state index in [9.17, 15) is 9.90 Å². The second-order valence-electron chi connectivity index (χ2n) is 8.01. The van der Waals surface area contributed by atoms with Gasteiger partial charge in [-0.15, -0.1) is 0 Å². The lowest BCUT2D eigenvalue weighted by atomic mass is 10.1. The zero-order valence-electron chi connectivity index (χ0n) is 17.4. The number of aliphatic hydroxyl groups excluding tert-OH is 1. The van der Waals surface area contributed by atoms with Gasteiger partial charge < -0.3 is 20.1 Å². The number of aromatic nitrogens is 3. The van der Waals surface area contributed by atoms with E-state index in [4.69, 9.17) is 21.3 Å². The number of hydrogen-bond donors (Lipinski definition) is 2. The minimum absolute atomic E-state index is 0.131. The highest BCUT2D eigenvalue weighted by molar-refractivity contribution is 6.31. The number of nitrogens with zero attached hydrogens (tertiary/aromatic N) is 4. The second kappa shape index (κ2) is 7.78. The van der Waals surface area contributed by atoms with Gasteiger partial charge in [-0.2, -0.15) is 5.10 Å². The van der Waals surface area contributed by atoms with E-state index in [1.165, 1.54) is 0 Å². The van der Waals surface area contributed by atoms with Gasteiger partial charge in [0.1, 0.15) is 18.0 Å². The van der Waals surface area contributed by atoms with Crippen LogP contribution >= 0.6 is 11.6 Å². The number of halogens is 1. The van der Waals surface area contributed by atoms with Crippen molar-refractivity contribution in [2.24, 2.45) is 0 Å². The number of aryl methyl sites for hydroxylation is 2. The quantitative estimate of drug-likeness (QED) is 0.644. The molecule has 0 saturated carbocycles. The molecule has 2 aromatic heterocycles. The normalized spacial score (nSPS) is 20.5.